The Hall–Kier alpha value is -3.35. The van der Waals surface area contributed by atoms with Gasteiger partial charge in [-0.2, -0.15) is 5.10 Å². The number of hydrazone groups is 1. The second-order valence-corrected chi connectivity index (χ2v) is 8.41. The first-order chi connectivity index (χ1) is 16.0. The Bertz CT molecular complexity index is 1180. The topological polar surface area (TPSA) is 71.0 Å². The van der Waals surface area contributed by atoms with Gasteiger partial charge in [-0.1, -0.05) is 53.5 Å². The van der Waals surface area contributed by atoms with Gasteiger partial charge >= 0.3 is 0 Å². The SMILES string of the molecule is O=C(N/N=C\c1cccc(OCc2ccccc2Cl)c1)[C@H]1CC(=O)N(c2ccc(Cl)cc2)C1. The van der Waals surface area contributed by atoms with Gasteiger partial charge in [-0.15, -0.1) is 0 Å². The molecule has 0 spiro atoms. The first-order valence-corrected chi connectivity index (χ1v) is 11.1. The summed E-state index contributed by atoms with van der Waals surface area (Å²) in [4.78, 5) is 26.4. The molecule has 4 rings (SSSR count). The molecule has 0 aromatic heterocycles. The Kier molecular flexibility index (Phi) is 7.27. The van der Waals surface area contributed by atoms with E-state index in [1.165, 1.54) is 6.21 Å². The van der Waals surface area contributed by atoms with E-state index in [1.807, 2.05) is 48.5 Å². The van der Waals surface area contributed by atoms with E-state index < -0.39 is 5.92 Å². The van der Waals surface area contributed by atoms with Gasteiger partial charge < -0.3 is 9.64 Å². The Labute approximate surface area is 201 Å². The Balaban J connectivity index is 1.31. The summed E-state index contributed by atoms with van der Waals surface area (Å²) in [7, 11) is 0. The molecular weight excluding hydrogens is 461 g/mol. The van der Waals surface area contributed by atoms with Crippen molar-refractivity contribution in [3.05, 3.63) is 94.0 Å². The number of benzene rings is 3. The number of hydrogen-bond acceptors (Lipinski definition) is 4. The Morgan fingerprint density at radius 3 is 2.67 bits per heavy atom. The minimum atomic E-state index is -0.476. The molecule has 0 saturated carbocycles. The van der Waals surface area contributed by atoms with Crippen molar-refractivity contribution in [1.82, 2.24) is 5.43 Å². The summed E-state index contributed by atoms with van der Waals surface area (Å²) in [5.74, 6) is -0.229. The Morgan fingerprint density at radius 2 is 1.88 bits per heavy atom. The number of amides is 2. The summed E-state index contributed by atoms with van der Waals surface area (Å²) in [5, 5.41) is 5.29. The van der Waals surface area contributed by atoms with Crippen LogP contribution in [0.2, 0.25) is 10.0 Å². The third-order valence-corrected chi connectivity index (χ3v) is 5.85. The van der Waals surface area contributed by atoms with Crippen molar-refractivity contribution >= 4 is 46.9 Å². The predicted octanol–water partition coefficient (Wildman–Crippen LogP) is 5.08. The van der Waals surface area contributed by atoms with E-state index in [0.717, 1.165) is 16.8 Å². The molecule has 33 heavy (non-hydrogen) atoms. The molecule has 1 heterocycles. The minimum absolute atomic E-state index is 0.107. The fourth-order valence-corrected chi connectivity index (χ4v) is 3.79. The van der Waals surface area contributed by atoms with Gasteiger partial charge in [0.1, 0.15) is 12.4 Å². The van der Waals surface area contributed by atoms with E-state index in [-0.39, 0.29) is 18.2 Å². The van der Waals surface area contributed by atoms with Crippen LogP contribution in [0.5, 0.6) is 5.75 Å². The highest BCUT2D eigenvalue weighted by atomic mass is 35.5. The van der Waals surface area contributed by atoms with Crippen LogP contribution in [0.4, 0.5) is 5.69 Å². The third kappa shape index (κ3) is 5.92. The number of nitrogens with one attached hydrogen (secondary N) is 1. The molecule has 2 amide bonds. The summed E-state index contributed by atoms with van der Waals surface area (Å²) < 4.78 is 5.81. The molecular formula is C25H21Cl2N3O3. The molecule has 0 radical (unpaired) electrons. The number of rotatable bonds is 7. The highest BCUT2D eigenvalue weighted by Crippen LogP contribution is 2.26. The van der Waals surface area contributed by atoms with Crippen LogP contribution < -0.4 is 15.1 Å². The lowest BCUT2D eigenvalue weighted by molar-refractivity contribution is -0.126. The zero-order chi connectivity index (χ0) is 23.2. The van der Waals surface area contributed by atoms with Crippen molar-refractivity contribution in [2.24, 2.45) is 11.0 Å². The molecule has 6 nitrogen and oxygen atoms in total. The standard InChI is InChI=1S/C25H21Cl2N3O3/c26-20-8-10-21(11-9-20)30-15-19(13-24(30)31)25(32)29-28-14-17-4-3-6-22(12-17)33-16-18-5-1-2-7-23(18)27/h1-12,14,19H,13,15-16H2,(H,29,32)/b28-14-/t19-/m0/s1. The van der Waals surface area contributed by atoms with Crippen molar-refractivity contribution in [3.63, 3.8) is 0 Å². The second-order valence-electron chi connectivity index (χ2n) is 7.57. The van der Waals surface area contributed by atoms with Crippen molar-refractivity contribution in [2.75, 3.05) is 11.4 Å². The van der Waals surface area contributed by atoms with Crippen LogP contribution in [0.1, 0.15) is 17.5 Å². The first-order valence-electron chi connectivity index (χ1n) is 10.3. The maximum atomic E-state index is 12.5. The van der Waals surface area contributed by atoms with Crippen LogP contribution in [0.15, 0.2) is 77.9 Å². The lowest BCUT2D eigenvalue weighted by atomic mass is 10.1. The maximum Gasteiger partial charge on any atom is 0.245 e. The van der Waals surface area contributed by atoms with Crippen LogP contribution in [-0.2, 0) is 16.2 Å². The molecule has 3 aromatic rings. The molecule has 1 fully saturated rings. The molecule has 1 aliphatic rings. The monoisotopic (exact) mass is 481 g/mol. The maximum absolute atomic E-state index is 12.5. The van der Waals surface area contributed by atoms with Crippen LogP contribution in [0.3, 0.4) is 0 Å². The summed E-state index contributed by atoms with van der Waals surface area (Å²) >= 11 is 12.1. The molecule has 3 aromatic carbocycles. The van der Waals surface area contributed by atoms with E-state index in [9.17, 15) is 9.59 Å². The number of carbonyl (C=O) groups excluding carboxylic acids is 2. The molecule has 168 valence electrons. The van der Waals surface area contributed by atoms with Crippen molar-refractivity contribution in [1.29, 1.82) is 0 Å². The van der Waals surface area contributed by atoms with E-state index in [4.69, 9.17) is 27.9 Å². The zero-order valence-electron chi connectivity index (χ0n) is 17.6. The molecule has 0 unspecified atom stereocenters. The minimum Gasteiger partial charge on any atom is -0.489 e. The van der Waals surface area contributed by atoms with Gasteiger partial charge in [-0.3, -0.25) is 9.59 Å². The fraction of sp³-hybridized carbons (Fsp3) is 0.160. The molecule has 1 saturated heterocycles. The van der Waals surface area contributed by atoms with Crippen LogP contribution in [0, 0.1) is 5.92 Å². The first kappa shape index (κ1) is 22.8. The van der Waals surface area contributed by atoms with Gasteiger partial charge in [0.15, 0.2) is 0 Å². The normalized spacial score (nSPS) is 15.8. The average molecular weight is 482 g/mol. The van der Waals surface area contributed by atoms with Gasteiger partial charge in [0.25, 0.3) is 0 Å². The number of ether oxygens (including phenoxy) is 1. The molecule has 8 heteroatoms. The van der Waals surface area contributed by atoms with Gasteiger partial charge in [0.05, 0.1) is 12.1 Å². The Morgan fingerprint density at radius 1 is 1.09 bits per heavy atom. The van der Waals surface area contributed by atoms with E-state index in [2.05, 4.69) is 10.5 Å². The van der Waals surface area contributed by atoms with Crippen LogP contribution in [0.25, 0.3) is 0 Å². The molecule has 1 aliphatic heterocycles. The molecule has 0 aliphatic carbocycles. The highest BCUT2D eigenvalue weighted by molar-refractivity contribution is 6.31. The number of hydrogen-bond donors (Lipinski definition) is 1. The van der Waals surface area contributed by atoms with Crippen LogP contribution >= 0.6 is 23.2 Å². The van der Waals surface area contributed by atoms with Gasteiger partial charge in [-0.25, -0.2) is 5.43 Å². The van der Waals surface area contributed by atoms with Gasteiger partial charge in [0.2, 0.25) is 11.8 Å². The van der Waals surface area contributed by atoms with E-state index in [1.54, 1.807) is 29.2 Å². The second kappa shape index (κ2) is 10.5. The molecule has 1 atom stereocenters. The van der Waals surface area contributed by atoms with E-state index >= 15 is 0 Å². The summed E-state index contributed by atoms with van der Waals surface area (Å²) in [6, 6.07) is 21.8. The average Bonchev–Trinajstić information content (AvgIpc) is 3.21. The number of anilines is 1. The quantitative estimate of drug-likeness (QED) is 0.378. The molecule has 1 N–H and O–H groups in total. The summed E-state index contributed by atoms with van der Waals surface area (Å²) in [6.07, 6.45) is 1.67. The number of halogens is 2. The van der Waals surface area contributed by atoms with Crippen molar-refractivity contribution < 1.29 is 14.3 Å². The fourth-order valence-electron chi connectivity index (χ4n) is 3.48. The summed E-state index contributed by atoms with van der Waals surface area (Å²) in [6.45, 7) is 0.643. The number of nitrogens with zero attached hydrogens (tertiary/aromatic N) is 2. The zero-order valence-corrected chi connectivity index (χ0v) is 19.1. The highest BCUT2D eigenvalue weighted by Gasteiger charge is 2.35. The smallest absolute Gasteiger partial charge is 0.245 e. The summed E-state index contributed by atoms with van der Waals surface area (Å²) in [5.41, 5.74) is 4.91. The van der Waals surface area contributed by atoms with Crippen LogP contribution in [-0.4, -0.2) is 24.6 Å². The van der Waals surface area contributed by atoms with Crippen molar-refractivity contribution in [3.8, 4) is 5.75 Å². The van der Waals surface area contributed by atoms with Gasteiger partial charge in [0, 0.05) is 34.3 Å². The number of carbonyl (C=O) groups is 2. The lowest BCUT2D eigenvalue weighted by Crippen LogP contribution is -2.30. The lowest BCUT2D eigenvalue weighted by Gasteiger charge is -2.16. The van der Waals surface area contributed by atoms with Gasteiger partial charge in [-0.05, 0) is 48.0 Å². The van der Waals surface area contributed by atoms with E-state index in [0.29, 0.717) is 28.9 Å². The molecule has 0 bridgehead atoms. The largest absolute Gasteiger partial charge is 0.489 e. The predicted molar refractivity (Wildman–Crippen MR) is 130 cm³/mol. The third-order valence-electron chi connectivity index (χ3n) is 5.23. The van der Waals surface area contributed by atoms with Crippen molar-refractivity contribution in [2.45, 2.75) is 13.0 Å².